The van der Waals surface area contributed by atoms with Crippen LogP contribution in [-0.2, 0) is 17.6 Å². The Morgan fingerprint density at radius 3 is 2.79 bits per heavy atom. The van der Waals surface area contributed by atoms with Crippen LogP contribution in [0.3, 0.4) is 0 Å². The molecule has 0 saturated carbocycles. The number of fused-ring (bicyclic) bond motifs is 1. The minimum absolute atomic E-state index is 0.361. The van der Waals surface area contributed by atoms with Gasteiger partial charge in [0.05, 0.1) is 5.56 Å². The number of hydrogen-bond donors (Lipinski definition) is 1. The fraction of sp³-hybridized carbons (Fsp3) is 0.278. The lowest BCUT2D eigenvalue weighted by Crippen LogP contribution is -2.09. The van der Waals surface area contributed by atoms with Gasteiger partial charge in [-0.25, -0.2) is 9.79 Å². The molecule has 122 valence electrons. The van der Waals surface area contributed by atoms with E-state index < -0.39 is 5.97 Å². The van der Waals surface area contributed by atoms with E-state index in [2.05, 4.69) is 11.1 Å². The van der Waals surface area contributed by atoms with E-state index in [9.17, 15) is 10.1 Å². The molecule has 1 aliphatic carbocycles. The minimum atomic E-state index is -1.01. The number of carboxylic acid groups (broad SMARTS) is 1. The number of carboxylic acids is 1. The first-order valence-electron chi connectivity index (χ1n) is 7.70. The van der Waals surface area contributed by atoms with Gasteiger partial charge < -0.3 is 9.84 Å². The second kappa shape index (κ2) is 7.28. The zero-order chi connectivity index (χ0) is 16.9. The molecule has 3 rings (SSSR count). The van der Waals surface area contributed by atoms with Crippen LogP contribution in [0.5, 0.6) is 5.75 Å². The second-order valence-corrected chi connectivity index (χ2v) is 6.60. The number of benzene rings is 1. The molecule has 0 spiro atoms. The molecule has 2 aromatic rings. The van der Waals surface area contributed by atoms with Gasteiger partial charge in [-0.3, -0.25) is 0 Å². The van der Waals surface area contributed by atoms with Crippen molar-refractivity contribution in [3.63, 3.8) is 0 Å². The van der Waals surface area contributed by atoms with Gasteiger partial charge in [0.2, 0.25) is 0 Å². The van der Waals surface area contributed by atoms with E-state index in [1.807, 2.05) is 0 Å². The predicted octanol–water partition coefficient (Wildman–Crippen LogP) is 3.71. The van der Waals surface area contributed by atoms with Crippen molar-refractivity contribution in [2.24, 2.45) is 4.99 Å². The third-order valence-corrected chi connectivity index (χ3v) is 5.04. The number of ether oxygens (including phenoxy) is 1. The summed E-state index contributed by atoms with van der Waals surface area (Å²) in [5.41, 5.74) is 2.76. The number of nitrogens with zero attached hydrogens (tertiary/aromatic N) is 2. The number of thiophene rings is 1. The van der Waals surface area contributed by atoms with Gasteiger partial charge >= 0.3 is 5.97 Å². The first-order valence-corrected chi connectivity index (χ1v) is 8.52. The summed E-state index contributed by atoms with van der Waals surface area (Å²) in [4.78, 5) is 16.3. The van der Waals surface area contributed by atoms with Crippen LogP contribution in [0.1, 0.15) is 34.4 Å². The Hall–Kier alpha value is -2.65. The monoisotopic (exact) mass is 340 g/mol. The van der Waals surface area contributed by atoms with Crippen molar-refractivity contribution < 1.29 is 14.6 Å². The zero-order valence-electron chi connectivity index (χ0n) is 13.0. The van der Waals surface area contributed by atoms with Gasteiger partial charge in [-0.05, 0) is 61.1 Å². The summed E-state index contributed by atoms with van der Waals surface area (Å²) in [6, 6.07) is 9.32. The van der Waals surface area contributed by atoms with E-state index in [4.69, 9.17) is 9.84 Å². The van der Waals surface area contributed by atoms with E-state index in [0.29, 0.717) is 11.3 Å². The molecular formula is C18H16N2O3S. The SMILES string of the molecule is N#Cc1c(N=Cc2ccc(OCC(=O)O)cc2)sc2c1CCCC2. The molecule has 1 aromatic heterocycles. The summed E-state index contributed by atoms with van der Waals surface area (Å²) in [6.45, 7) is -0.361. The molecule has 0 atom stereocenters. The average Bonchev–Trinajstić information content (AvgIpc) is 2.96. The van der Waals surface area contributed by atoms with Crippen molar-refractivity contribution in [1.82, 2.24) is 0 Å². The predicted molar refractivity (Wildman–Crippen MR) is 92.5 cm³/mol. The molecule has 0 fully saturated rings. The van der Waals surface area contributed by atoms with Crippen molar-refractivity contribution in [3.8, 4) is 11.8 Å². The van der Waals surface area contributed by atoms with E-state index in [0.717, 1.165) is 29.8 Å². The van der Waals surface area contributed by atoms with Crippen LogP contribution >= 0.6 is 11.3 Å². The van der Waals surface area contributed by atoms with Gasteiger partial charge in [-0.15, -0.1) is 11.3 Å². The number of nitriles is 1. The van der Waals surface area contributed by atoms with Gasteiger partial charge in [0, 0.05) is 11.1 Å². The van der Waals surface area contributed by atoms with Crippen LogP contribution in [0.2, 0.25) is 0 Å². The maximum atomic E-state index is 10.5. The molecular weight excluding hydrogens is 324 g/mol. The van der Waals surface area contributed by atoms with Crippen LogP contribution in [0.15, 0.2) is 29.3 Å². The molecule has 1 aliphatic rings. The van der Waals surface area contributed by atoms with E-state index in [-0.39, 0.29) is 6.61 Å². The topological polar surface area (TPSA) is 82.7 Å². The third-order valence-electron chi connectivity index (χ3n) is 3.84. The normalized spacial score (nSPS) is 13.5. The molecule has 5 nitrogen and oxygen atoms in total. The minimum Gasteiger partial charge on any atom is -0.482 e. The Morgan fingerprint density at radius 1 is 1.33 bits per heavy atom. The van der Waals surface area contributed by atoms with Gasteiger partial charge in [0.15, 0.2) is 6.61 Å². The highest BCUT2D eigenvalue weighted by atomic mass is 32.1. The molecule has 0 unspecified atom stereocenters. The Morgan fingerprint density at radius 2 is 2.08 bits per heavy atom. The summed E-state index contributed by atoms with van der Waals surface area (Å²) >= 11 is 1.61. The molecule has 6 heteroatoms. The first kappa shape index (κ1) is 16.2. The molecule has 0 bridgehead atoms. The van der Waals surface area contributed by atoms with Gasteiger partial charge in [0.1, 0.15) is 16.8 Å². The van der Waals surface area contributed by atoms with Crippen molar-refractivity contribution in [2.75, 3.05) is 6.61 Å². The number of aliphatic imine (C=N–C) groups is 1. The summed E-state index contributed by atoms with van der Waals surface area (Å²) in [6.07, 6.45) is 6.05. The highest BCUT2D eigenvalue weighted by molar-refractivity contribution is 7.16. The smallest absolute Gasteiger partial charge is 0.341 e. The maximum Gasteiger partial charge on any atom is 0.341 e. The van der Waals surface area contributed by atoms with Crippen LogP contribution in [0.25, 0.3) is 0 Å². The van der Waals surface area contributed by atoms with Crippen LogP contribution in [0, 0.1) is 11.3 Å². The lowest BCUT2D eigenvalue weighted by Gasteiger charge is -2.09. The Labute approximate surface area is 143 Å². The highest BCUT2D eigenvalue weighted by Gasteiger charge is 2.20. The summed E-state index contributed by atoms with van der Waals surface area (Å²) in [5.74, 6) is -0.509. The maximum absolute atomic E-state index is 10.5. The Bertz CT molecular complexity index is 816. The van der Waals surface area contributed by atoms with Crippen molar-refractivity contribution in [3.05, 3.63) is 45.8 Å². The van der Waals surface area contributed by atoms with Crippen LogP contribution in [0.4, 0.5) is 5.00 Å². The van der Waals surface area contributed by atoms with Gasteiger partial charge in [-0.2, -0.15) is 5.26 Å². The Kier molecular flexibility index (Phi) is 4.92. The lowest BCUT2D eigenvalue weighted by molar-refractivity contribution is -0.139. The largest absolute Gasteiger partial charge is 0.482 e. The van der Waals surface area contributed by atoms with Crippen LogP contribution in [-0.4, -0.2) is 23.9 Å². The number of carbonyl (C=O) groups is 1. The van der Waals surface area contributed by atoms with Crippen molar-refractivity contribution in [2.45, 2.75) is 25.7 Å². The fourth-order valence-corrected chi connectivity index (χ4v) is 3.87. The molecule has 0 aliphatic heterocycles. The number of aliphatic carboxylic acids is 1. The van der Waals surface area contributed by atoms with Crippen molar-refractivity contribution in [1.29, 1.82) is 5.26 Å². The third kappa shape index (κ3) is 3.63. The summed E-state index contributed by atoms with van der Waals surface area (Å²) in [7, 11) is 0. The average molecular weight is 340 g/mol. The quantitative estimate of drug-likeness (QED) is 0.841. The fourth-order valence-electron chi connectivity index (χ4n) is 2.69. The van der Waals surface area contributed by atoms with Gasteiger partial charge in [-0.1, -0.05) is 0 Å². The highest BCUT2D eigenvalue weighted by Crippen LogP contribution is 2.39. The molecule has 0 saturated heterocycles. The molecule has 0 radical (unpaired) electrons. The van der Waals surface area contributed by atoms with Crippen molar-refractivity contribution >= 4 is 28.5 Å². The first-order chi connectivity index (χ1) is 11.7. The van der Waals surface area contributed by atoms with E-state index in [1.165, 1.54) is 16.9 Å². The standard InChI is InChI=1S/C18H16N2O3S/c19-9-15-14-3-1-2-4-16(14)24-18(15)20-10-12-5-7-13(8-6-12)23-11-17(21)22/h5-8,10H,1-4,11H2,(H,21,22). The Balaban J connectivity index is 1.75. The molecule has 0 amide bonds. The lowest BCUT2D eigenvalue weighted by atomic mass is 9.96. The number of hydrogen-bond acceptors (Lipinski definition) is 5. The summed E-state index contributed by atoms with van der Waals surface area (Å²) in [5, 5.41) is 18.8. The van der Waals surface area contributed by atoms with E-state index in [1.54, 1.807) is 41.8 Å². The number of aryl methyl sites for hydroxylation is 1. The molecule has 1 heterocycles. The van der Waals surface area contributed by atoms with Crippen LogP contribution < -0.4 is 4.74 Å². The molecule has 1 aromatic carbocycles. The second-order valence-electron chi connectivity index (χ2n) is 5.51. The molecule has 1 N–H and O–H groups in total. The number of rotatable bonds is 5. The zero-order valence-corrected chi connectivity index (χ0v) is 13.8. The summed E-state index contributed by atoms with van der Waals surface area (Å²) < 4.78 is 5.09. The molecule has 24 heavy (non-hydrogen) atoms. The van der Waals surface area contributed by atoms with E-state index >= 15 is 0 Å². The van der Waals surface area contributed by atoms with Gasteiger partial charge in [0.25, 0.3) is 0 Å².